The maximum Gasteiger partial charge on any atom is 0.381 e. The van der Waals surface area contributed by atoms with Crippen molar-refractivity contribution >= 4 is 44.3 Å². The molecule has 0 unspecified atom stereocenters. The predicted molar refractivity (Wildman–Crippen MR) is 122 cm³/mol. The molecule has 0 bridgehead atoms. The van der Waals surface area contributed by atoms with Gasteiger partial charge in [0.2, 0.25) is 0 Å². The summed E-state index contributed by atoms with van der Waals surface area (Å²) in [6, 6.07) is 26.9. The Hall–Kier alpha value is -3.37. The van der Waals surface area contributed by atoms with Gasteiger partial charge in [0.05, 0.1) is 17.8 Å². The fraction of sp³-hybridized carbons (Fsp3) is 0.120. The molecule has 0 saturated heterocycles. The van der Waals surface area contributed by atoms with E-state index in [0.717, 1.165) is 50.9 Å². The Labute approximate surface area is 181 Å². The van der Waals surface area contributed by atoms with Crippen LogP contribution in [0.2, 0.25) is 0 Å². The van der Waals surface area contributed by atoms with Crippen LogP contribution in [0.4, 0.5) is 11.4 Å². The molecule has 1 aromatic heterocycles. The molecule has 4 aromatic carbocycles. The van der Waals surface area contributed by atoms with Crippen molar-refractivity contribution in [3.05, 3.63) is 84.4 Å². The fourth-order valence-corrected chi connectivity index (χ4v) is 3.66. The van der Waals surface area contributed by atoms with Crippen LogP contribution >= 0.6 is 0 Å². The average molecular weight is 416 g/mol. The van der Waals surface area contributed by atoms with Gasteiger partial charge in [-0.05, 0) is 17.7 Å². The van der Waals surface area contributed by atoms with Crippen LogP contribution in [0.3, 0.4) is 0 Å². The van der Waals surface area contributed by atoms with Crippen LogP contribution in [0.15, 0.2) is 83.3 Å². The summed E-state index contributed by atoms with van der Waals surface area (Å²) < 4.78 is 6.31. The minimum atomic E-state index is 0. The maximum atomic E-state index is 6.31. The maximum absolute atomic E-state index is 6.31. The molecule has 0 spiro atoms. The second-order valence-corrected chi connectivity index (χ2v) is 7.42. The molecule has 4 nitrogen and oxygen atoms in total. The zero-order valence-electron chi connectivity index (χ0n) is 16.9. The number of aromatic nitrogens is 1. The normalized spacial score (nSPS) is 10.9. The highest BCUT2D eigenvalue weighted by molar-refractivity contribution is 6.10. The summed E-state index contributed by atoms with van der Waals surface area (Å²) in [5.74, 6) is 0. The van der Waals surface area contributed by atoms with E-state index in [1.165, 1.54) is 5.56 Å². The Morgan fingerprint density at radius 3 is 2.33 bits per heavy atom. The lowest BCUT2D eigenvalue weighted by Crippen LogP contribution is -3.00. The van der Waals surface area contributed by atoms with Gasteiger partial charge in [0.15, 0.2) is 11.0 Å². The van der Waals surface area contributed by atoms with E-state index in [0.29, 0.717) is 0 Å². The monoisotopic (exact) mass is 415 g/mol. The molecule has 0 fully saturated rings. The third kappa shape index (κ3) is 3.62. The van der Waals surface area contributed by atoms with Crippen molar-refractivity contribution in [2.45, 2.75) is 6.54 Å². The van der Waals surface area contributed by atoms with Crippen molar-refractivity contribution in [3.8, 4) is 0 Å². The summed E-state index contributed by atoms with van der Waals surface area (Å²) in [4.78, 5) is 6.99. The molecule has 0 aliphatic heterocycles. The lowest BCUT2D eigenvalue weighted by Gasteiger charge is -2.11. The van der Waals surface area contributed by atoms with Gasteiger partial charge in [0.25, 0.3) is 0 Å². The van der Waals surface area contributed by atoms with Crippen molar-refractivity contribution in [2.75, 3.05) is 24.3 Å². The van der Waals surface area contributed by atoms with Crippen molar-refractivity contribution in [2.24, 2.45) is 0 Å². The van der Waals surface area contributed by atoms with Crippen LogP contribution in [0.25, 0.3) is 33.0 Å². The standard InChI is InChI=1S/C25H22N3O.ClH/c1-28(2)18-12-13-21-23(14-18)29-24-15-22(26-16-17-8-4-3-5-9-17)19-10-6-7-11-20(19)25(24)27-21;/h3-15,26H,16H2,1-2H3;1H/q+1;/p-1. The summed E-state index contributed by atoms with van der Waals surface area (Å²) in [5, 5.41) is 5.81. The van der Waals surface area contributed by atoms with Gasteiger partial charge in [-0.1, -0.05) is 54.6 Å². The van der Waals surface area contributed by atoms with Crippen molar-refractivity contribution in [3.63, 3.8) is 0 Å². The van der Waals surface area contributed by atoms with Crippen LogP contribution < -0.4 is 22.6 Å². The molecule has 0 atom stereocenters. The third-order valence-corrected chi connectivity index (χ3v) is 5.22. The molecule has 0 aliphatic carbocycles. The molecule has 5 heteroatoms. The molecule has 1 N–H and O–H groups in total. The zero-order valence-corrected chi connectivity index (χ0v) is 17.6. The Kier molecular flexibility index (Phi) is 5.42. The minimum absolute atomic E-state index is 0. The highest BCUT2D eigenvalue weighted by atomic mass is 35.5. The Balaban J connectivity index is 0.00000218. The summed E-state index contributed by atoms with van der Waals surface area (Å²) in [7, 11) is 4.05. The SMILES string of the molecule is CN(C)c1ccc2nc3c(cc(NCc4ccccc4)c4ccccc43)[o+]c2c1.[Cl-]. The largest absolute Gasteiger partial charge is 1.00 e. The van der Waals surface area contributed by atoms with E-state index in [9.17, 15) is 0 Å². The average Bonchev–Trinajstić information content (AvgIpc) is 2.76. The predicted octanol–water partition coefficient (Wildman–Crippen LogP) is 3.10. The van der Waals surface area contributed by atoms with E-state index in [2.05, 4.69) is 64.8 Å². The number of rotatable bonds is 4. The molecule has 1 heterocycles. The topological polar surface area (TPSA) is 39.5 Å². The number of hydrogen-bond acceptors (Lipinski definition) is 3. The van der Waals surface area contributed by atoms with Gasteiger partial charge in [-0.15, -0.1) is 0 Å². The summed E-state index contributed by atoms with van der Waals surface area (Å²) in [6.07, 6.45) is 0. The lowest BCUT2D eigenvalue weighted by atomic mass is 10.1. The number of hydrogen-bond donors (Lipinski definition) is 1. The van der Waals surface area contributed by atoms with E-state index in [1.54, 1.807) is 0 Å². The summed E-state index contributed by atoms with van der Waals surface area (Å²) in [6.45, 7) is 0.752. The van der Waals surface area contributed by atoms with Gasteiger partial charge in [-0.2, -0.15) is 0 Å². The molecule has 5 aromatic rings. The number of nitrogens with one attached hydrogen (secondary N) is 1. The molecular formula is C25H22ClN3O. The van der Waals surface area contributed by atoms with E-state index >= 15 is 0 Å². The van der Waals surface area contributed by atoms with Gasteiger partial charge in [0, 0.05) is 37.1 Å². The van der Waals surface area contributed by atoms with Crippen LogP contribution in [-0.4, -0.2) is 19.1 Å². The number of anilines is 2. The fourth-order valence-electron chi connectivity index (χ4n) is 3.66. The molecule has 5 rings (SSSR count). The first-order valence-electron chi connectivity index (χ1n) is 9.73. The highest BCUT2D eigenvalue weighted by Gasteiger charge is 2.19. The van der Waals surface area contributed by atoms with Crippen molar-refractivity contribution in [1.29, 1.82) is 0 Å². The summed E-state index contributed by atoms with van der Waals surface area (Å²) >= 11 is 0. The highest BCUT2D eigenvalue weighted by Crippen LogP contribution is 2.33. The van der Waals surface area contributed by atoms with Crippen LogP contribution in [0.5, 0.6) is 0 Å². The zero-order chi connectivity index (χ0) is 19.8. The third-order valence-electron chi connectivity index (χ3n) is 5.22. The van der Waals surface area contributed by atoms with E-state index in [-0.39, 0.29) is 12.4 Å². The van der Waals surface area contributed by atoms with E-state index in [4.69, 9.17) is 9.40 Å². The van der Waals surface area contributed by atoms with E-state index in [1.807, 2.05) is 38.4 Å². The molecule has 30 heavy (non-hydrogen) atoms. The number of halogens is 1. The molecule has 0 aliphatic rings. The minimum Gasteiger partial charge on any atom is -1.00 e. The molecule has 0 saturated carbocycles. The molecule has 0 amide bonds. The Morgan fingerprint density at radius 2 is 1.57 bits per heavy atom. The van der Waals surface area contributed by atoms with Gasteiger partial charge in [0.1, 0.15) is 0 Å². The van der Waals surface area contributed by atoms with Gasteiger partial charge < -0.3 is 22.6 Å². The first kappa shape index (κ1) is 19.9. The first-order chi connectivity index (χ1) is 14.2. The quantitative estimate of drug-likeness (QED) is 0.278. The molecule has 150 valence electrons. The first-order valence-corrected chi connectivity index (χ1v) is 9.73. The number of fused-ring (bicyclic) bond motifs is 4. The van der Waals surface area contributed by atoms with Gasteiger partial charge in [-0.25, -0.2) is 9.40 Å². The molecule has 0 radical (unpaired) electrons. The number of benzene rings is 4. The van der Waals surface area contributed by atoms with Crippen molar-refractivity contribution in [1.82, 2.24) is 4.98 Å². The van der Waals surface area contributed by atoms with Gasteiger partial charge >= 0.3 is 11.2 Å². The Morgan fingerprint density at radius 1 is 0.833 bits per heavy atom. The smallest absolute Gasteiger partial charge is 0.381 e. The van der Waals surface area contributed by atoms with Crippen LogP contribution in [0.1, 0.15) is 5.56 Å². The second kappa shape index (κ2) is 8.17. The Bertz CT molecular complexity index is 1340. The van der Waals surface area contributed by atoms with Crippen molar-refractivity contribution < 1.29 is 16.8 Å². The lowest BCUT2D eigenvalue weighted by molar-refractivity contribution is -0.00000621. The second-order valence-electron chi connectivity index (χ2n) is 7.42. The summed E-state index contributed by atoms with van der Waals surface area (Å²) in [5.41, 5.74) is 6.68. The van der Waals surface area contributed by atoms with Crippen LogP contribution in [-0.2, 0) is 6.54 Å². The molecular weight excluding hydrogens is 394 g/mol. The number of nitrogens with zero attached hydrogens (tertiary/aromatic N) is 2. The van der Waals surface area contributed by atoms with Crippen LogP contribution in [0, 0.1) is 0 Å². The van der Waals surface area contributed by atoms with Gasteiger partial charge in [-0.3, -0.25) is 0 Å². The van der Waals surface area contributed by atoms with E-state index < -0.39 is 0 Å².